The summed E-state index contributed by atoms with van der Waals surface area (Å²) in [6.45, 7) is 0.565. The van der Waals surface area contributed by atoms with E-state index in [0.717, 1.165) is 25.7 Å². The zero-order valence-corrected chi connectivity index (χ0v) is 7.68. The molecule has 1 spiro atoms. The second kappa shape index (κ2) is 3.27. The highest BCUT2D eigenvalue weighted by atomic mass is 16.4. The van der Waals surface area contributed by atoms with Gasteiger partial charge in [0.1, 0.15) is 0 Å². The second-order valence-electron chi connectivity index (χ2n) is 4.11. The smallest absolute Gasteiger partial charge is 0.309 e. The first-order valence-corrected chi connectivity index (χ1v) is 4.97. The normalized spacial score (nSPS) is 32.2. The van der Waals surface area contributed by atoms with Crippen LogP contribution in [-0.2, 0) is 4.79 Å². The van der Waals surface area contributed by atoms with Gasteiger partial charge in [-0.05, 0) is 12.8 Å². The van der Waals surface area contributed by atoms with Crippen molar-refractivity contribution >= 4 is 5.97 Å². The van der Waals surface area contributed by atoms with Gasteiger partial charge in [0.2, 0.25) is 0 Å². The minimum atomic E-state index is -0.667. The lowest BCUT2D eigenvalue weighted by Gasteiger charge is -2.36. The Morgan fingerprint density at radius 3 is 2.62 bits per heavy atom. The highest BCUT2D eigenvalue weighted by Crippen LogP contribution is 2.36. The van der Waals surface area contributed by atoms with Gasteiger partial charge in [-0.2, -0.15) is 0 Å². The lowest BCUT2D eigenvalue weighted by Crippen LogP contribution is -2.50. The molecule has 13 heavy (non-hydrogen) atoms. The first-order valence-electron chi connectivity index (χ1n) is 4.97. The van der Waals surface area contributed by atoms with Crippen LogP contribution in [0.25, 0.3) is 0 Å². The van der Waals surface area contributed by atoms with Crippen molar-refractivity contribution in [1.82, 2.24) is 10.9 Å². The van der Waals surface area contributed by atoms with Crippen LogP contribution in [0.15, 0.2) is 0 Å². The molecule has 1 saturated heterocycles. The molecule has 1 heterocycles. The summed E-state index contributed by atoms with van der Waals surface area (Å²) >= 11 is 0. The van der Waals surface area contributed by atoms with E-state index in [1.807, 2.05) is 0 Å². The van der Waals surface area contributed by atoms with Crippen molar-refractivity contribution in [1.29, 1.82) is 0 Å². The molecule has 1 saturated carbocycles. The Morgan fingerprint density at radius 1 is 1.31 bits per heavy atom. The summed E-state index contributed by atoms with van der Waals surface area (Å²) in [5, 5.41) is 9.05. The average Bonchev–Trinajstić information content (AvgIpc) is 2.50. The fraction of sp³-hybridized carbons (Fsp3) is 0.889. The van der Waals surface area contributed by atoms with Crippen molar-refractivity contribution in [2.45, 2.75) is 37.6 Å². The zero-order chi connectivity index (χ0) is 9.31. The van der Waals surface area contributed by atoms with Gasteiger partial charge < -0.3 is 5.11 Å². The van der Waals surface area contributed by atoms with Crippen LogP contribution in [0.3, 0.4) is 0 Å². The summed E-state index contributed by atoms with van der Waals surface area (Å²) in [5.74, 6) is -0.910. The zero-order valence-electron chi connectivity index (χ0n) is 7.68. The number of carboxylic acid groups (broad SMARTS) is 1. The minimum absolute atomic E-state index is 0.149. The van der Waals surface area contributed by atoms with E-state index < -0.39 is 5.97 Å². The van der Waals surface area contributed by atoms with Gasteiger partial charge in [-0.3, -0.25) is 15.6 Å². The third-order valence-electron chi connectivity index (χ3n) is 3.35. The molecule has 4 nitrogen and oxygen atoms in total. The third kappa shape index (κ3) is 1.44. The highest BCUT2D eigenvalue weighted by Gasteiger charge is 2.47. The molecular weight excluding hydrogens is 168 g/mol. The standard InChI is InChI=1S/C9H16N2O2/c12-8(13)7-6-10-11-9(7)4-2-1-3-5-9/h7,10-11H,1-6H2,(H,12,13). The van der Waals surface area contributed by atoms with E-state index in [1.165, 1.54) is 6.42 Å². The number of hydrogen-bond donors (Lipinski definition) is 3. The van der Waals surface area contributed by atoms with Gasteiger partial charge in [0.05, 0.1) is 5.92 Å². The van der Waals surface area contributed by atoms with E-state index in [0.29, 0.717) is 6.54 Å². The van der Waals surface area contributed by atoms with Crippen LogP contribution in [0, 0.1) is 5.92 Å². The molecule has 3 N–H and O–H groups in total. The molecule has 0 amide bonds. The molecule has 0 aromatic rings. The van der Waals surface area contributed by atoms with Crippen LogP contribution in [-0.4, -0.2) is 23.2 Å². The van der Waals surface area contributed by atoms with Crippen molar-refractivity contribution in [3.63, 3.8) is 0 Å². The van der Waals surface area contributed by atoms with Crippen molar-refractivity contribution in [2.75, 3.05) is 6.54 Å². The molecule has 0 aromatic carbocycles. The second-order valence-corrected chi connectivity index (χ2v) is 4.11. The number of rotatable bonds is 1. The van der Waals surface area contributed by atoms with Gasteiger partial charge in [-0.15, -0.1) is 0 Å². The van der Waals surface area contributed by atoms with E-state index in [9.17, 15) is 4.79 Å². The number of nitrogens with one attached hydrogen (secondary N) is 2. The van der Waals surface area contributed by atoms with Crippen LogP contribution >= 0.6 is 0 Å². The van der Waals surface area contributed by atoms with E-state index in [4.69, 9.17) is 5.11 Å². The molecule has 0 aromatic heterocycles. The molecule has 1 unspecified atom stereocenters. The fourth-order valence-electron chi connectivity index (χ4n) is 2.59. The molecule has 4 heteroatoms. The fourth-order valence-corrected chi connectivity index (χ4v) is 2.59. The minimum Gasteiger partial charge on any atom is -0.481 e. The summed E-state index contributed by atoms with van der Waals surface area (Å²) in [4.78, 5) is 11.0. The molecule has 2 aliphatic rings. The molecule has 1 atom stereocenters. The topological polar surface area (TPSA) is 61.4 Å². The first-order chi connectivity index (χ1) is 6.25. The number of aliphatic carboxylic acids is 1. The van der Waals surface area contributed by atoms with Crippen LogP contribution in [0.2, 0.25) is 0 Å². The molecule has 0 radical (unpaired) electrons. The van der Waals surface area contributed by atoms with Gasteiger partial charge in [0, 0.05) is 12.1 Å². The summed E-state index contributed by atoms with van der Waals surface area (Å²) in [5.41, 5.74) is 6.01. The maximum atomic E-state index is 11.0. The van der Waals surface area contributed by atoms with Crippen molar-refractivity contribution < 1.29 is 9.90 Å². The Labute approximate surface area is 77.7 Å². The average molecular weight is 184 g/mol. The Hall–Kier alpha value is -0.610. The molecular formula is C9H16N2O2. The Kier molecular flexibility index (Phi) is 2.26. The quantitative estimate of drug-likeness (QED) is 0.555. The van der Waals surface area contributed by atoms with Crippen molar-refractivity contribution in [2.24, 2.45) is 5.92 Å². The van der Waals surface area contributed by atoms with Crippen LogP contribution in [0.4, 0.5) is 0 Å². The van der Waals surface area contributed by atoms with Gasteiger partial charge in [-0.25, -0.2) is 0 Å². The van der Waals surface area contributed by atoms with Gasteiger partial charge in [-0.1, -0.05) is 19.3 Å². The lowest BCUT2D eigenvalue weighted by atomic mass is 9.74. The first kappa shape index (κ1) is 8.97. The summed E-state index contributed by atoms with van der Waals surface area (Å²) in [6.07, 6.45) is 5.54. The Balaban J connectivity index is 2.13. The molecule has 2 fully saturated rings. The van der Waals surface area contributed by atoms with E-state index in [2.05, 4.69) is 10.9 Å². The maximum Gasteiger partial charge on any atom is 0.309 e. The van der Waals surface area contributed by atoms with Crippen LogP contribution < -0.4 is 10.9 Å². The monoisotopic (exact) mass is 184 g/mol. The lowest BCUT2D eigenvalue weighted by molar-refractivity contribution is -0.143. The SMILES string of the molecule is O=C(O)C1CNNC12CCCCC2. The summed E-state index contributed by atoms with van der Waals surface area (Å²) < 4.78 is 0. The van der Waals surface area contributed by atoms with Gasteiger partial charge in [0.15, 0.2) is 0 Å². The summed E-state index contributed by atoms with van der Waals surface area (Å²) in [6, 6.07) is 0. The van der Waals surface area contributed by atoms with Crippen molar-refractivity contribution in [3.8, 4) is 0 Å². The predicted octanol–water partition coefficient (Wildman–Crippen LogP) is 0.498. The predicted molar refractivity (Wildman–Crippen MR) is 48.1 cm³/mol. The number of hydrogen-bond acceptors (Lipinski definition) is 3. The highest BCUT2D eigenvalue weighted by molar-refractivity contribution is 5.72. The number of carboxylic acids is 1. The van der Waals surface area contributed by atoms with E-state index in [1.54, 1.807) is 0 Å². The molecule has 2 rings (SSSR count). The molecule has 74 valence electrons. The van der Waals surface area contributed by atoms with Crippen molar-refractivity contribution in [3.05, 3.63) is 0 Å². The largest absolute Gasteiger partial charge is 0.481 e. The molecule has 1 aliphatic heterocycles. The van der Waals surface area contributed by atoms with E-state index in [-0.39, 0.29) is 11.5 Å². The number of hydrazine groups is 1. The van der Waals surface area contributed by atoms with E-state index >= 15 is 0 Å². The Morgan fingerprint density at radius 2 is 2.00 bits per heavy atom. The van der Waals surface area contributed by atoms with Crippen LogP contribution in [0.1, 0.15) is 32.1 Å². The molecule has 1 aliphatic carbocycles. The van der Waals surface area contributed by atoms with Gasteiger partial charge in [0.25, 0.3) is 0 Å². The maximum absolute atomic E-state index is 11.0. The molecule has 0 bridgehead atoms. The van der Waals surface area contributed by atoms with Gasteiger partial charge >= 0.3 is 5.97 Å². The summed E-state index contributed by atoms with van der Waals surface area (Å²) in [7, 11) is 0. The Bertz CT molecular complexity index is 212. The number of carbonyl (C=O) groups is 1. The third-order valence-corrected chi connectivity index (χ3v) is 3.35. The van der Waals surface area contributed by atoms with Crippen LogP contribution in [0.5, 0.6) is 0 Å².